The van der Waals surface area contributed by atoms with Crippen molar-refractivity contribution in [2.45, 2.75) is 58.0 Å². The molecule has 2 atom stereocenters. The third kappa shape index (κ3) is 2.94. The molecule has 2 nitrogen and oxygen atoms in total. The van der Waals surface area contributed by atoms with Crippen LogP contribution in [-0.2, 0) is 4.74 Å². The van der Waals surface area contributed by atoms with Gasteiger partial charge in [0.15, 0.2) is 0 Å². The summed E-state index contributed by atoms with van der Waals surface area (Å²) < 4.78 is 5.61. The Morgan fingerprint density at radius 3 is 2.67 bits per heavy atom. The molecule has 15 heavy (non-hydrogen) atoms. The Kier molecular flexibility index (Phi) is 3.68. The summed E-state index contributed by atoms with van der Waals surface area (Å²) in [6.45, 7) is 3.58. The highest BCUT2D eigenvalue weighted by molar-refractivity contribution is 4.90. The van der Waals surface area contributed by atoms with Crippen LogP contribution in [0.4, 0.5) is 0 Å². The maximum atomic E-state index is 9.46. The molecule has 1 saturated carbocycles. The van der Waals surface area contributed by atoms with E-state index in [0.29, 0.717) is 12.7 Å². The number of ether oxygens (including phenoxy) is 1. The molecule has 0 amide bonds. The second kappa shape index (κ2) is 4.84. The van der Waals surface area contributed by atoms with Crippen LogP contribution in [0.25, 0.3) is 0 Å². The Labute approximate surface area is 93.0 Å². The summed E-state index contributed by atoms with van der Waals surface area (Å²) in [5.41, 5.74) is 0.207. The molecule has 2 aliphatic rings. The van der Waals surface area contributed by atoms with Gasteiger partial charge in [-0.2, -0.15) is 0 Å². The average Bonchev–Trinajstić information content (AvgIpc) is 2.98. The molecular formula is C13H24O2. The Bertz CT molecular complexity index is 195. The summed E-state index contributed by atoms with van der Waals surface area (Å²) in [5, 5.41) is 9.46. The lowest BCUT2D eigenvalue weighted by molar-refractivity contribution is 0.0809. The minimum Gasteiger partial charge on any atom is -0.396 e. The van der Waals surface area contributed by atoms with Gasteiger partial charge in [0.05, 0.1) is 6.10 Å². The number of rotatable bonds is 6. The molecule has 2 fully saturated rings. The molecule has 2 heteroatoms. The second-order valence-corrected chi connectivity index (χ2v) is 5.61. The maximum absolute atomic E-state index is 9.46. The molecular weight excluding hydrogens is 188 g/mol. The fourth-order valence-electron chi connectivity index (χ4n) is 2.80. The third-order valence-corrected chi connectivity index (χ3v) is 4.22. The fraction of sp³-hybridized carbons (Fsp3) is 1.00. The van der Waals surface area contributed by atoms with Crippen LogP contribution >= 0.6 is 0 Å². The number of aliphatic hydroxyl groups is 1. The highest BCUT2D eigenvalue weighted by Crippen LogP contribution is 2.48. The Hall–Kier alpha value is -0.0800. The molecule has 1 heterocycles. The van der Waals surface area contributed by atoms with Gasteiger partial charge in [-0.1, -0.05) is 13.3 Å². The van der Waals surface area contributed by atoms with E-state index in [1.165, 1.54) is 44.9 Å². The van der Waals surface area contributed by atoms with Crippen LogP contribution in [0.3, 0.4) is 0 Å². The summed E-state index contributed by atoms with van der Waals surface area (Å²) in [5.74, 6) is 0.798. The molecule has 1 saturated heterocycles. The highest BCUT2D eigenvalue weighted by atomic mass is 16.5. The fourth-order valence-corrected chi connectivity index (χ4v) is 2.80. The van der Waals surface area contributed by atoms with E-state index in [4.69, 9.17) is 4.74 Å². The molecule has 88 valence electrons. The van der Waals surface area contributed by atoms with E-state index >= 15 is 0 Å². The SMILES string of the molecule is CC(CO)(CCCC1CCCO1)C1CC1. The van der Waals surface area contributed by atoms with Crippen molar-refractivity contribution < 1.29 is 9.84 Å². The van der Waals surface area contributed by atoms with Gasteiger partial charge in [0.2, 0.25) is 0 Å². The van der Waals surface area contributed by atoms with E-state index in [9.17, 15) is 5.11 Å². The van der Waals surface area contributed by atoms with Crippen molar-refractivity contribution in [2.75, 3.05) is 13.2 Å². The lowest BCUT2D eigenvalue weighted by Gasteiger charge is -2.27. The lowest BCUT2D eigenvalue weighted by atomic mass is 9.80. The summed E-state index contributed by atoms with van der Waals surface area (Å²) in [4.78, 5) is 0. The number of hydrogen-bond donors (Lipinski definition) is 1. The van der Waals surface area contributed by atoms with Crippen LogP contribution < -0.4 is 0 Å². The predicted octanol–water partition coefficient (Wildman–Crippen LogP) is 2.74. The first-order chi connectivity index (χ1) is 7.24. The van der Waals surface area contributed by atoms with Crippen LogP contribution in [0.2, 0.25) is 0 Å². The van der Waals surface area contributed by atoms with Crippen molar-refractivity contribution in [3.8, 4) is 0 Å². The van der Waals surface area contributed by atoms with Crippen molar-refractivity contribution >= 4 is 0 Å². The maximum Gasteiger partial charge on any atom is 0.0576 e. The van der Waals surface area contributed by atoms with Gasteiger partial charge >= 0.3 is 0 Å². The minimum atomic E-state index is 0.207. The third-order valence-electron chi connectivity index (χ3n) is 4.22. The molecule has 0 bridgehead atoms. The zero-order chi connectivity index (χ0) is 10.7. The molecule has 0 spiro atoms. The van der Waals surface area contributed by atoms with E-state index in [1.807, 2.05) is 0 Å². The minimum absolute atomic E-state index is 0.207. The molecule has 0 radical (unpaired) electrons. The molecule has 0 aromatic carbocycles. The largest absolute Gasteiger partial charge is 0.396 e. The van der Waals surface area contributed by atoms with E-state index in [2.05, 4.69) is 6.92 Å². The van der Waals surface area contributed by atoms with Crippen LogP contribution in [0, 0.1) is 11.3 Å². The zero-order valence-electron chi connectivity index (χ0n) is 9.87. The van der Waals surface area contributed by atoms with Crippen molar-refractivity contribution in [3.05, 3.63) is 0 Å². The average molecular weight is 212 g/mol. The molecule has 0 aromatic rings. The quantitative estimate of drug-likeness (QED) is 0.733. The van der Waals surface area contributed by atoms with E-state index in [0.717, 1.165) is 12.5 Å². The van der Waals surface area contributed by atoms with Gasteiger partial charge in [0.1, 0.15) is 0 Å². The smallest absolute Gasteiger partial charge is 0.0576 e. The first kappa shape index (κ1) is 11.4. The van der Waals surface area contributed by atoms with Gasteiger partial charge in [-0.25, -0.2) is 0 Å². The van der Waals surface area contributed by atoms with E-state index in [-0.39, 0.29) is 5.41 Å². The summed E-state index contributed by atoms with van der Waals surface area (Å²) in [6, 6.07) is 0. The van der Waals surface area contributed by atoms with E-state index < -0.39 is 0 Å². The summed E-state index contributed by atoms with van der Waals surface area (Å²) in [7, 11) is 0. The number of hydrogen-bond acceptors (Lipinski definition) is 2. The molecule has 1 aliphatic carbocycles. The Balaban J connectivity index is 1.66. The topological polar surface area (TPSA) is 29.5 Å². The van der Waals surface area contributed by atoms with Crippen LogP contribution in [0.1, 0.15) is 51.9 Å². The summed E-state index contributed by atoms with van der Waals surface area (Å²) >= 11 is 0. The second-order valence-electron chi connectivity index (χ2n) is 5.61. The molecule has 2 unspecified atom stereocenters. The van der Waals surface area contributed by atoms with Crippen molar-refractivity contribution in [1.29, 1.82) is 0 Å². The highest BCUT2D eigenvalue weighted by Gasteiger charge is 2.40. The molecule has 1 aliphatic heterocycles. The van der Waals surface area contributed by atoms with Crippen molar-refractivity contribution in [3.63, 3.8) is 0 Å². The van der Waals surface area contributed by atoms with Gasteiger partial charge in [0.25, 0.3) is 0 Å². The molecule has 1 N–H and O–H groups in total. The van der Waals surface area contributed by atoms with Gasteiger partial charge in [-0.3, -0.25) is 0 Å². The van der Waals surface area contributed by atoms with Crippen LogP contribution in [-0.4, -0.2) is 24.4 Å². The molecule has 0 aromatic heterocycles. The van der Waals surface area contributed by atoms with Crippen molar-refractivity contribution in [2.24, 2.45) is 11.3 Å². The monoisotopic (exact) mass is 212 g/mol. The predicted molar refractivity (Wildman–Crippen MR) is 60.7 cm³/mol. The zero-order valence-corrected chi connectivity index (χ0v) is 9.87. The lowest BCUT2D eigenvalue weighted by Crippen LogP contribution is -2.24. The van der Waals surface area contributed by atoms with Gasteiger partial charge < -0.3 is 9.84 Å². The first-order valence-electron chi connectivity index (χ1n) is 6.47. The molecule has 2 rings (SSSR count). The van der Waals surface area contributed by atoms with Crippen LogP contribution in [0.5, 0.6) is 0 Å². The van der Waals surface area contributed by atoms with Gasteiger partial charge in [-0.15, -0.1) is 0 Å². The standard InChI is InChI=1S/C13H24O2/c1-13(10-14,11-6-7-11)8-2-4-12-5-3-9-15-12/h11-12,14H,2-10H2,1H3. The van der Waals surface area contributed by atoms with Gasteiger partial charge in [0, 0.05) is 13.2 Å². The normalized spacial score (nSPS) is 30.4. The Morgan fingerprint density at radius 1 is 1.33 bits per heavy atom. The number of aliphatic hydroxyl groups excluding tert-OH is 1. The van der Waals surface area contributed by atoms with Gasteiger partial charge in [-0.05, 0) is 49.9 Å². The Morgan fingerprint density at radius 2 is 2.13 bits per heavy atom. The summed E-state index contributed by atoms with van der Waals surface area (Å²) in [6.07, 6.45) is 9.26. The first-order valence-corrected chi connectivity index (χ1v) is 6.47. The van der Waals surface area contributed by atoms with Crippen LogP contribution in [0.15, 0.2) is 0 Å². The van der Waals surface area contributed by atoms with E-state index in [1.54, 1.807) is 0 Å². The van der Waals surface area contributed by atoms with Crippen molar-refractivity contribution in [1.82, 2.24) is 0 Å².